The van der Waals surface area contributed by atoms with Gasteiger partial charge in [-0.2, -0.15) is 5.10 Å². The summed E-state index contributed by atoms with van der Waals surface area (Å²) in [6, 6.07) is 21.7. The normalized spacial score (nSPS) is 10.5. The van der Waals surface area contributed by atoms with Gasteiger partial charge in [-0.25, -0.2) is 9.89 Å². The van der Waals surface area contributed by atoms with Gasteiger partial charge in [-0.15, -0.1) is 0 Å². The minimum Gasteiger partial charge on any atom is -0.507 e. The van der Waals surface area contributed by atoms with Gasteiger partial charge in [0.15, 0.2) is 0 Å². The lowest BCUT2D eigenvalue weighted by Gasteiger charge is -2.14. The molecule has 0 unspecified atom stereocenters. The quantitative estimate of drug-likeness (QED) is 0.383. The summed E-state index contributed by atoms with van der Waals surface area (Å²) < 4.78 is 0. The highest BCUT2D eigenvalue weighted by molar-refractivity contribution is 6.10. The number of carboxylic acids is 1. The molecule has 0 radical (unpaired) electrons. The zero-order valence-electron chi connectivity index (χ0n) is 16.6. The Bertz CT molecular complexity index is 1370. The fourth-order valence-electron chi connectivity index (χ4n) is 3.34. The molecule has 1 aromatic heterocycles. The van der Waals surface area contributed by atoms with Crippen molar-refractivity contribution < 1.29 is 19.8 Å². The molecule has 0 bridgehead atoms. The number of amides is 1. The molecule has 0 aliphatic carbocycles. The Morgan fingerprint density at radius 3 is 2.09 bits per heavy atom. The average molecular weight is 427 g/mol. The summed E-state index contributed by atoms with van der Waals surface area (Å²) in [4.78, 5) is 37.0. The highest BCUT2D eigenvalue weighted by Crippen LogP contribution is 2.32. The summed E-state index contributed by atoms with van der Waals surface area (Å²) in [5, 5.41) is 28.1. The molecule has 4 rings (SSSR count). The van der Waals surface area contributed by atoms with Gasteiger partial charge in [0.1, 0.15) is 16.9 Å². The van der Waals surface area contributed by atoms with Crippen molar-refractivity contribution in [2.24, 2.45) is 0 Å². The van der Waals surface area contributed by atoms with Crippen LogP contribution >= 0.6 is 0 Å². The van der Waals surface area contributed by atoms with Gasteiger partial charge in [-0.3, -0.25) is 9.59 Å². The number of hydrogen-bond donors (Lipinski definition) is 4. The molecule has 0 fully saturated rings. The van der Waals surface area contributed by atoms with Gasteiger partial charge in [-0.1, -0.05) is 60.7 Å². The molecule has 8 heteroatoms. The van der Waals surface area contributed by atoms with Gasteiger partial charge < -0.3 is 15.5 Å². The molecule has 0 saturated carbocycles. The molecule has 4 aromatic rings. The molecule has 158 valence electrons. The summed E-state index contributed by atoms with van der Waals surface area (Å²) in [7, 11) is 0. The third kappa shape index (κ3) is 3.97. The SMILES string of the molecule is O=C(O)c1ccc(NC(=O)c2c(-c3ccccc3)c(-c3ccccc3)n[nH]c2=O)cc1O. The summed E-state index contributed by atoms with van der Waals surface area (Å²) in [6.07, 6.45) is 0. The molecule has 8 nitrogen and oxygen atoms in total. The van der Waals surface area contributed by atoms with E-state index in [1.807, 2.05) is 36.4 Å². The third-order valence-electron chi connectivity index (χ3n) is 4.81. The number of anilines is 1. The third-order valence-corrected chi connectivity index (χ3v) is 4.81. The maximum absolute atomic E-state index is 13.2. The monoisotopic (exact) mass is 427 g/mol. The number of carbonyl (C=O) groups is 2. The van der Waals surface area contributed by atoms with E-state index in [4.69, 9.17) is 5.11 Å². The lowest BCUT2D eigenvalue weighted by Crippen LogP contribution is -2.26. The van der Waals surface area contributed by atoms with E-state index in [9.17, 15) is 19.5 Å². The number of aromatic nitrogens is 2. The zero-order valence-corrected chi connectivity index (χ0v) is 16.6. The van der Waals surface area contributed by atoms with Crippen LogP contribution in [-0.2, 0) is 0 Å². The second kappa shape index (κ2) is 8.57. The van der Waals surface area contributed by atoms with Gasteiger partial charge in [-0.05, 0) is 17.7 Å². The van der Waals surface area contributed by atoms with Gasteiger partial charge >= 0.3 is 5.97 Å². The van der Waals surface area contributed by atoms with E-state index in [-0.39, 0.29) is 16.8 Å². The lowest BCUT2D eigenvalue weighted by molar-refractivity contribution is 0.0693. The van der Waals surface area contributed by atoms with Crippen LogP contribution in [0.3, 0.4) is 0 Å². The number of H-pyrrole nitrogens is 1. The molecule has 0 atom stereocenters. The number of aromatic carboxylic acids is 1. The zero-order chi connectivity index (χ0) is 22.7. The Kier molecular flexibility index (Phi) is 5.50. The van der Waals surface area contributed by atoms with E-state index in [2.05, 4.69) is 15.5 Å². The summed E-state index contributed by atoms with van der Waals surface area (Å²) >= 11 is 0. The van der Waals surface area contributed by atoms with Gasteiger partial charge in [0.2, 0.25) is 0 Å². The van der Waals surface area contributed by atoms with Crippen molar-refractivity contribution in [1.29, 1.82) is 0 Å². The summed E-state index contributed by atoms with van der Waals surface area (Å²) in [5.74, 6) is -2.54. The van der Waals surface area contributed by atoms with E-state index in [0.29, 0.717) is 22.4 Å². The van der Waals surface area contributed by atoms with Crippen LogP contribution in [0.1, 0.15) is 20.7 Å². The predicted octanol–water partition coefficient (Wildman–Crippen LogP) is 3.76. The largest absolute Gasteiger partial charge is 0.507 e. The first-order valence-electron chi connectivity index (χ1n) is 9.57. The van der Waals surface area contributed by atoms with Crippen molar-refractivity contribution in [3.8, 4) is 28.1 Å². The minimum absolute atomic E-state index is 0.133. The van der Waals surface area contributed by atoms with Crippen molar-refractivity contribution in [2.75, 3.05) is 5.32 Å². The topological polar surface area (TPSA) is 132 Å². The standard InChI is InChI=1S/C24H17N3O5/c28-18-13-16(11-12-17(18)24(31)32)25-22(29)20-19(14-7-3-1-4-8-14)21(26-27-23(20)30)15-9-5-2-6-10-15/h1-13,28H,(H,25,29)(H,27,30)(H,31,32). The molecule has 4 N–H and O–H groups in total. The van der Waals surface area contributed by atoms with E-state index < -0.39 is 23.2 Å². The molecular weight excluding hydrogens is 410 g/mol. The molecule has 0 saturated heterocycles. The Morgan fingerprint density at radius 1 is 0.875 bits per heavy atom. The number of carbonyl (C=O) groups excluding carboxylic acids is 1. The summed E-state index contributed by atoms with van der Waals surface area (Å²) in [6.45, 7) is 0. The average Bonchev–Trinajstić information content (AvgIpc) is 2.79. The predicted molar refractivity (Wildman–Crippen MR) is 119 cm³/mol. The van der Waals surface area contributed by atoms with Crippen LogP contribution in [0.4, 0.5) is 5.69 Å². The van der Waals surface area contributed by atoms with E-state index in [1.165, 1.54) is 6.07 Å². The Morgan fingerprint density at radius 2 is 1.50 bits per heavy atom. The van der Waals surface area contributed by atoms with Crippen LogP contribution in [0, 0.1) is 0 Å². The molecule has 3 aromatic carbocycles. The minimum atomic E-state index is -1.30. The first-order chi connectivity index (χ1) is 15.5. The highest BCUT2D eigenvalue weighted by atomic mass is 16.4. The van der Waals surface area contributed by atoms with Gasteiger partial charge in [0.25, 0.3) is 11.5 Å². The maximum atomic E-state index is 13.2. The molecule has 0 spiro atoms. The van der Waals surface area contributed by atoms with Crippen LogP contribution in [0.15, 0.2) is 83.7 Å². The molecule has 32 heavy (non-hydrogen) atoms. The van der Waals surface area contributed by atoms with E-state index >= 15 is 0 Å². The molecule has 1 amide bonds. The number of aromatic hydroxyl groups is 1. The van der Waals surface area contributed by atoms with Gasteiger partial charge in [0, 0.05) is 22.9 Å². The summed E-state index contributed by atoms with van der Waals surface area (Å²) in [5.41, 5.74) is 1.09. The van der Waals surface area contributed by atoms with Crippen molar-refractivity contribution in [2.45, 2.75) is 0 Å². The maximum Gasteiger partial charge on any atom is 0.339 e. The highest BCUT2D eigenvalue weighted by Gasteiger charge is 2.23. The first kappa shape index (κ1) is 20.5. The number of carboxylic acid groups (broad SMARTS) is 1. The first-order valence-corrected chi connectivity index (χ1v) is 9.57. The number of nitrogens with one attached hydrogen (secondary N) is 2. The molecule has 0 aliphatic rings. The van der Waals surface area contributed by atoms with Crippen molar-refractivity contribution in [1.82, 2.24) is 10.2 Å². The number of nitrogens with zero attached hydrogens (tertiary/aromatic N) is 1. The Balaban J connectivity index is 1.85. The van der Waals surface area contributed by atoms with Crippen LogP contribution < -0.4 is 10.9 Å². The molecule has 0 aliphatic heterocycles. The van der Waals surface area contributed by atoms with Crippen LogP contribution in [-0.4, -0.2) is 32.3 Å². The Labute approximate surface area is 181 Å². The van der Waals surface area contributed by atoms with Crippen molar-refractivity contribution in [3.63, 3.8) is 0 Å². The van der Waals surface area contributed by atoms with Crippen molar-refractivity contribution >= 4 is 17.6 Å². The van der Waals surface area contributed by atoms with E-state index in [0.717, 1.165) is 12.1 Å². The second-order valence-electron chi connectivity index (χ2n) is 6.87. The number of rotatable bonds is 5. The fraction of sp³-hybridized carbons (Fsp3) is 0. The number of hydrogen-bond acceptors (Lipinski definition) is 5. The lowest BCUT2D eigenvalue weighted by atomic mass is 9.95. The molecular formula is C24H17N3O5. The smallest absolute Gasteiger partial charge is 0.339 e. The van der Waals surface area contributed by atoms with Crippen LogP contribution in [0.5, 0.6) is 5.75 Å². The molecule has 1 heterocycles. The van der Waals surface area contributed by atoms with Crippen LogP contribution in [0.2, 0.25) is 0 Å². The van der Waals surface area contributed by atoms with E-state index in [1.54, 1.807) is 24.3 Å². The fourth-order valence-corrected chi connectivity index (χ4v) is 3.34. The Hall–Kier alpha value is -4.72. The van der Waals surface area contributed by atoms with Crippen LogP contribution in [0.25, 0.3) is 22.4 Å². The van der Waals surface area contributed by atoms with Crippen molar-refractivity contribution in [3.05, 3.63) is 100 Å². The van der Waals surface area contributed by atoms with Gasteiger partial charge in [0.05, 0.1) is 5.69 Å². The number of benzene rings is 3. The second-order valence-corrected chi connectivity index (χ2v) is 6.87. The number of phenols is 1. The number of aromatic amines is 1.